The van der Waals surface area contributed by atoms with Gasteiger partial charge in [-0.2, -0.15) is 0 Å². The van der Waals surface area contributed by atoms with Crippen LogP contribution in [0.1, 0.15) is 342 Å². The molecule has 0 aliphatic rings. The Morgan fingerprint density at radius 2 is 0.520 bits per heavy atom. The molecule has 6 heteroatoms. The minimum atomic E-state index is -0.786. The van der Waals surface area contributed by atoms with Gasteiger partial charge in [0.1, 0.15) is 13.2 Å². The van der Waals surface area contributed by atoms with Crippen molar-refractivity contribution >= 4 is 17.9 Å². The average Bonchev–Trinajstić information content (AvgIpc) is 3.41. The molecule has 0 aromatic heterocycles. The largest absolute Gasteiger partial charge is 0.462 e. The van der Waals surface area contributed by atoms with Gasteiger partial charge in [-0.3, -0.25) is 14.4 Å². The number of carbonyl (C=O) groups is 3. The first-order chi connectivity index (χ1) is 37.0. The molecule has 0 fully saturated rings. The Balaban J connectivity index is 4.38. The number of hydrogen-bond acceptors (Lipinski definition) is 6. The Kier molecular flexibility index (Phi) is 61.2. The zero-order valence-corrected chi connectivity index (χ0v) is 50.1. The summed E-state index contributed by atoms with van der Waals surface area (Å²) in [6.45, 7) is 6.56. The van der Waals surface area contributed by atoms with Crippen molar-refractivity contribution in [1.29, 1.82) is 0 Å². The standard InChI is InChI=1S/C69H124O6/c1-4-7-10-13-16-19-22-25-28-31-34-37-40-43-46-49-52-55-58-61-67(70)73-64-66(75-69(72)63-60-57-54-51-48-45-42-39-36-33-30-27-24-21-18-15-12-9-6-3)65-74-68(71)62-59-56-53-50-47-44-41-38-35-32-29-26-23-20-17-14-11-8-5-2/h7,10,16,19,25,28,34,37,43,46,66H,4-6,8-9,11-15,17-18,20-24,26-27,29-33,35-36,38-42,44-45,47-65H2,1-3H3/b10-7-,19-16-,28-25-,37-34-,46-43-. The van der Waals surface area contributed by atoms with E-state index in [-0.39, 0.29) is 31.1 Å². The maximum atomic E-state index is 12.9. The quantitative estimate of drug-likeness (QED) is 0.0261. The second kappa shape index (κ2) is 63.6. The summed E-state index contributed by atoms with van der Waals surface area (Å²) in [4.78, 5) is 38.4. The lowest BCUT2D eigenvalue weighted by Gasteiger charge is -2.18. The van der Waals surface area contributed by atoms with Crippen LogP contribution in [0.4, 0.5) is 0 Å². The summed E-state index contributed by atoms with van der Waals surface area (Å²) >= 11 is 0. The van der Waals surface area contributed by atoms with E-state index >= 15 is 0 Å². The zero-order valence-electron chi connectivity index (χ0n) is 50.1. The monoisotopic (exact) mass is 1050 g/mol. The number of hydrogen-bond donors (Lipinski definition) is 0. The lowest BCUT2D eigenvalue weighted by atomic mass is 10.0. The van der Waals surface area contributed by atoms with Crippen molar-refractivity contribution in [3.05, 3.63) is 60.8 Å². The van der Waals surface area contributed by atoms with E-state index in [1.54, 1.807) is 0 Å². The van der Waals surface area contributed by atoms with Crippen LogP contribution in [0.25, 0.3) is 0 Å². The average molecular weight is 1050 g/mol. The van der Waals surface area contributed by atoms with Gasteiger partial charge in [0.2, 0.25) is 0 Å². The van der Waals surface area contributed by atoms with E-state index in [1.807, 2.05) is 0 Å². The predicted octanol–water partition coefficient (Wildman–Crippen LogP) is 22.3. The molecule has 436 valence electrons. The Morgan fingerprint density at radius 1 is 0.280 bits per heavy atom. The van der Waals surface area contributed by atoms with Crippen LogP contribution in [0.2, 0.25) is 0 Å². The minimum absolute atomic E-state index is 0.0799. The maximum absolute atomic E-state index is 12.9. The number of unbranched alkanes of at least 4 members (excludes halogenated alkanes) is 39. The second-order valence-corrected chi connectivity index (χ2v) is 22.0. The fourth-order valence-electron chi connectivity index (χ4n) is 9.65. The third-order valence-electron chi connectivity index (χ3n) is 14.5. The van der Waals surface area contributed by atoms with Crippen LogP contribution in [0.3, 0.4) is 0 Å². The molecule has 1 atom stereocenters. The van der Waals surface area contributed by atoms with E-state index in [1.165, 1.54) is 205 Å². The van der Waals surface area contributed by atoms with Crippen molar-refractivity contribution in [2.24, 2.45) is 0 Å². The first-order valence-electron chi connectivity index (χ1n) is 32.8. The molecule has 0 heterocycles. The summed E-state index contributed by atoms with van der Waals surface area (Å²) in [5.74, 6) is -0.890. The van der Waals surface area contributed by atoms with Crippen LogP contribution in [-0.4, -0.2) is 37.2 Å². The topological polar surface area (TPSA) is 78.9 Å². The van der Waals surface area contributed by atoms with Crippen molar-refractivity contribution in [3.63, 3.8) is 0 Å². The molecule has 0 aliphatic carbocycles. The molecule has 6 nitrogen and oxygen atoms in total. The molecule has 0 amide bonds. The van der Waals surface area contributed by atoms with Gasteiger partial charge in [-0.1, -0.05) is 319 Å². The predicted molar refractivity (Wildman–Crippen MR) is 325 cm³/mol. The Hall–Kier alpha value is -2.89. The van der Waals surface area contributed by atoms with Gasteiger partial charge in [0.25, 0.3) is 0 Å². The van der Waals surface area contributed by atoms with Crippen LogP contribution in [0.15, 0.2) is 60.8 Å². The van der Waals surface area contributed by atoms with Gasteiger partial charge < -0.3 is 14.2 Å². The van der Waals surface area contributed by atoms with Crippen molar-refractivity contribution < 1.29 is 28.6 Å². The van der Waals surface area contributed by atoms with E-state index in [4.69, 9.17) is 14.2 Å². The van der Waals surface area contributed by atoms with E-state index in [0.717, 1.165) is 96.3 Å². The number of carbonyl (C=O) groups excluding carboxylic acids is 3. The Labute approximate surface area is 466 Å². The lowest BCUT2D eigenvalue weighted by molar-refractivity contribution is -0.167. The van der Waals surface area contributed by atoms with Gasteiger partial charge in [0.05, 0.1) is 0 Å². The molecule has 0 radical (unpaired) electrons. The molecule has 0 N–H and O–H groups in total. The third kappa shape index (κ3) is 61.8. The van der Waals surface area contributed by atoms with Gasteiger partial charge in [-0.05, 0) is 64.2 Å². The number of allylic oxidation sites excluding steroid dienone is 10. The van der Waals surface area contributed by atoms with Crippen LogP contribution in [0, 0.1) is 0 Å². The van der Waals surface area contributed by atoms with Gasteiger partial charge in [-0.15, -0.1) is 0 Å². The van der Waals surface area contributed by atoms with Crippen LogP contribution < -0.4 is 0 Å². The van der Waals surface area contributed by atoms with E-state index in [0.29, 0.717) is 19.3 Å². The molecule has 0 rings (SSSR count). The summed E-state index contributed by atoms with van der Waals surface area (Å²) in [6, 6.07) is 0. The van der Waals surface area contributed by atoms with Crippen molar-refractivity contribution in [2.45, 2.75) is 348 Å². The molecule has 1 unspecified atom stereocenters. The third-order valence-corrected chi connectivity index (χ3v) is 14.5. The van der Waals surface area contributed by atoms with Gasteiger partial charge in [0, 0.05) is 19.3 Å². The SMILES string of the molecule is CC/C=C\C/C=C\C/C=C\C/C=C\C/C=C\CCCCCC(=O)OCC(COC(=O)CCCCCCCCCCCCCCCCCCCCC)OC(=O)CCCCCCCCCCCCCCCCCCCCC. The Morgan fingerprint density at radius 3 is 0.813 bits per heavy atom. The normalized spacial score (nSPS) is 12.4. The highest BCUT2D eigenvalue weighted by Gasteiger charge is 2.19. The fourth-order valence-corrected chi connectivity index (χ4v) is 9.65. The minimum Gasteiger partial charge on any atom is -0.462 e. The molecule has 0 bridgehead atoms. The Bertz CT molecular complexity index is 1340. The van der Waals surface area contributed by atoms with Crippen molar-refractivity contribution in [2.75, 3.05) is 13.2 Å². The second-order valence-electron chi connectivity index (χ2n) is 22.0. The van der Waals surface area contributed by atoms with E-state index < -0.39 is 6.10 Å². The maximum Gasteiger partial charge on any atom is 0.306 e. The first kappa shape index (κ1) is 72.1. The van der Waals surface area contributed by atoms with E-state index in [9.17, 15) is 14.4 Å². The lowest BCUT2D eigenvalue weighted by Crippen LogP contribution is -2.30. The number of rotatable bonds is 60. The van der Waals surface area contributed by atoms with Gasteiger partial charge >= 0.3 is 17.9 Å². The molecular formula is C69H124O6. The molecule has 0 aromatic rings. The summed E-state index contributed by atoms with van der Waals surface area (Å²) < 4.78 is 16.9. The highest BCUT2D eigenvalue weighted by atomic mass is 16.6. The number of esters is 3. The summed E-state index contributed by atoms with van der Waals surface area (Å²) in [5, 5.41) is 0. The van der Waals surface area contributed by atoms with Crippen LogP contribution in [-0.2, 0) is 28.6 Å². The van der Waals surface area contributed by atoms with Crippen LogP contribution in [0.5, 0.6) is 0 Å². The molecule has 75 heavy (non-hydrogen) atoms. The molecule has 0 spiro atoms. The highest BCUT2D eigenvalue weighted by Crippen LogP contribution is 2.18. The molecule has 0 saturated carbocycles. The van der Waals surface area contributed by atoms with Crippen LogP contribution >= 0.6 is 0 Å². The van der Waals surface area contributed by atoms with Crippen molar-refractivity contribution in [1.82, 2.24) is 0 Å². The molecule has 0 saturated heterocycles. The van der Waals surface area contributed by atoms with E-state index in [2.05, 4.69) is 81.5 Å². The summed E-state index contributed by atoms with van der Waals surface area (Å²) in [6.07, 6.45) is 80.9. The number of ether oxygens (including phenoxy) is 3. The summed E-state index contributed by atoms with van der Waals surface area (Å²) in [5.41, 5.74) is 0. The first-order valence-corrected chi connectivity index (χ1v) is 32.8. The molecule has 0 aliphatic heterocycles. The van der Waals surface area contributed by atoms with Gasteiger partial charge in [0.15, 0.2) is 6.10 Å². The molecule has 0 aromatic carbocycles. The summed E-state index contributed by atoms with van der Waals surface area (Å²) in [7, 11) is 0. The van der Waals surface area contributed by atoms with Gasteiger partial charge in [-0.25, -0.2) is 0 Å². The van der Waals surface area contributed by atoms with Crippen molar-refractivity contribution in [3.8, 4) is 0 Å². The highest BCUT2D eigenvalue weighted by molar-refractivity contribution is 5.71. The smallest absolute Gasteiger partial charge is 0.306 e. The molecular weight excluding hydrogens is 925 g/mol. The fraction of sp³-hybridized carbons (Fsp3) is 0.812. The zero-order chi connectivity index (χ0) is 54.3.